The molecule has 4 heteroatoms. The first-order chi connectivity index (χ1) is 6.18. The summed E-state index contributed by atoms with van der Waals surface area (Å²) in [6, 6.07) is 6.15. The molecule has 0 spiro atoms. The Morgan fingerprint density at radius 3 is 2.46 bits per heavy atom. The van der Waals surface area contributed by atoms with E-state index >= 15 is 0 Å². The molecule has 2 N–H and O–H groups in total. The van der Waals surface area contributed by atoms with Gasteiger partial charge in [0.2, 0.25) is 0 Å². The summed E-state index contributed by atoms with van der Waals surface area (Å²) in [6.07, 6.45) is 0. The third-order valence-electron chi connectivity index (χ3n) is 1.80. The number of benzene rings is 1. The summed E-state index contributed by atoms with van der Waals surface area (Å²) in [6.45, 7) is 0. The average molecular weight is 193 g/mol. The Morgan fingerprint density at radius 1 is 1.00 bits per heavy atom. The van der Waals surface area contributed by atoms with Crippen molar-refractivity contribution in [3.05, 3.63) is 24.3 Å². The number of fused-ring (bicyclic) bond motifs is 1. The van der Waals surface area contributed by atoms with Gasteiger partial charge in [-0.25, -0.2) is 4.98 Å². The van der Waals surface area contributed by atoms with E-state index in [1.165, 1.54) is 12.1 Å². The van der Waals surface area contributed by atoms with Gasteiger partial charge >= 0.3 is 0 Å². The lowest BCUT2D eigenvalue weighted by molar-refractivity contribution is 0.468. The van der Waals surface area contributed by atoms with Crippen LogP contribution in [0.25, 0.3) is 10.9 Å². The van der Waals surface area contributed by atoms with Gasteiger partial charge in [0.1, 0.15) is 17.0 Å². The number of hydrogen-bond donors (Lipinski definition) is 3. The fourth-order valence-corrected chi connectivity index (χ4v) is 1.35. The van der Waals surface area contributed by atoms with Crippen molar-refractivity contribution in [1.29, 1.82) is 0 Å². The summed E-state index contributed by atoms with van der Waals surface area (Å²) < 4.78 is 0. The van der Waals surface area contributed by atoms with Crippen LogP contribution in [0.15, 0.2) is 29.3 Å². The zero-order valence-corrected chi connectivity index (χ0v) is 7.49. The number of rotatable bonds is 0. The lowest BCUT2D eigenvalue weighted by Crippen LogP contribution is -1.81. The molecule has 0 bridgehead atoms. The summed E-state index contributed by atoms with van der Waals surface area (Å²) in [4.78, 5) is 3.99. The van der Waals surface area contributed by atoms with Crippen molar-refractivity contribution in [1.82, 2.24) is 4.98 Å². The molecular formula is C9H7NO2S. The van der Waals surface area contributed by atoms with Gasteiger partial charge in [-0.2, -0.15) is 0 Å². The molecule has 0 amide bonds. The highest BCUT2D eigenvalue weighted by molar-refractivity contribution is 7.80. The molecule has 3 nitrogen and oxygen atoms in total. The molecule has 0 saturated heterocycles. The second-order valence-electron chi connectivity index (χ2n) is 2.67. The molecule has 2 rings (SSSR count). The van der Waals surface area contributed by atoms with Crippen molar-refractivity contribution < 1.29 is 10.2 Å². The van der Waals surface area contributed by atoms with E-state index in [1.54, 1.807) is 12.1 Å². The van der Waals surface area contributed by atoms with Gasteiger partial charge in [-0.3, -0.25) is 0 Å². The van der Waals surface area contributed by atoms with E-state index in [1.807, 2.05) is 0 Å². The van der Waals surface area contributed by atoms with E-state index in [2.05, 4.69) is 17.6 Å². The number of phenols is 2. The normalized spacial score (nSPS) is 10.5. The zero-order valence-electron chi connectivity index (χ0n) is 6.60. The van der Waals surface area contributed by atoms with Gasteiger partial charge < -0.3 is 10.2 Å². The van der Waals surface area contributed by atoms with E-state index < -0.39 is 0 Å². The Labute approximate surface area is 80.1 Å². The predicted octanol–water partition coefficient (Wildman–Crippen LogP) is 1.93. The van der Waals surface area contributed by atoms with Crippen molar-refractivity contribution in [3.63, 3.8) is 0 Å². The van der Waals surface area contributed by atoms with Crippen LogP contribution in [0, 0.1) is 0 Å². The van der Waals surface area contributed by atoms with Crippen LogP contribution in [0.2, 0.25) is 0 Å². The van der Waals surface area contributed by atoms with Gasteiger partial charge in [0.25, 0.3) is 0 Å². The minimum absolute atomic E-state index is 0.0451. The highest BCUT2D eigenvalue weighted by Gasteiger charge is 2.05. The highest BCUT2D eigenvalue weighted by Crippen LogP contribution is 2.30. The third kappa shape index (κ3) is 1.29. The highest BCUT2D eigenvalue weighted by atomic mass is 32.1. The van der Waals surface area contributed by atoms with E-state index in [9.17, 15) is 10.2 Å². The molecule has 66 valence electrons. The fraction of sp³-hybridized carbons (Fsp3) is 0. The largest absolute Gasteiger partial charge is 0.507 e. The van der Waals surface area contributed by atoms with Gasteiger partial charge in [-0.1, -0.05) is 0 Å². The van der Waals surface area contributed by atoms with Crippen molar-refractivity contribution in [3.8, 4) is 11.5 Å². The first-order valence-corrected chi connectivity index (χ1v) is 4.14. The molecule has 0 aliphatic heterocycles. The van der Waals surface area contributed by atoms with Crippen LogP contribution >= 0.6 is 12.6 Å². The number of hydrogen-bond acceptors (Lipinski definition) is 4. The van der Waals surface area contributed by atoms with E-state index in [0.717, 1.165) is 0 Å². The minimum Gasteiger partial charge on any atom is -0.507 e. The van der Waals surface area contributed by atoms with E-state index in [0.29, 0.717) is 15.9 Å². The molecule has 13 heavy (non-hydrogen) atoms. The third-order valence-corrected chi connectivity index (χ3v) is 2.05. The molecule has 0 atom stereocenters. The van der Waals surface area contributed by atoms with Crippen LogP contribution in [-0.4, -0.2) is 15.2 Å². The molecule has 0 aliphatic rings. The maximum absolute atomic E-state index is 9.41. The summed E-state index contributed by atoms with van der Waals surface area (Å²) in [5, 5.41) is 19.9. The van der Waals surface area contributed by atoms with Gasteiger partial charge in [0, 0.05) is 5.39 Å². The molecule has 0 radical (unpaired) electrons. The van der Waals surface area contributed by atoms with Crippen LogP contribution in [0.4, 0.5) is 0 Å². The number of aromatic hydroxyl groups is 2. The summed E-state index contributed by atoms with van der Waals surface area (Å²) in [5.74, 6) is 0.150. The van der Waals surface area contributed by atoms with Crippen LogP contribution in [0.1, 0.15) is 0 Å². The molecule has 1 aromatic carbocycles. The number of thiol groups is 1. The summed E-state index contributed by atoms with van der Waals surface area (Å²) in [5.41, 5.74) is 0.368. The quantitative estimate of drug-likeness (QED) is 0.442. The molecule has 1 heterocycles. The molecule has 0 unspecified atom stereocenters. The van der Waals surface area contributed by atoms with Crippen molar-refractivity contribution in [2.45, 2.75) is 5.03 Å². The van der Waals surface area contributed by atoms with Crippen molar-refractivity contribution in [2.24, 2.45) is 0 Å². The van der Waals surface area contributed by atoms with E-state index in [4.69, 9.17) is 0 Å². The van der Waals surface area contributed by atoms with Gasteiger partial charge in [-0.05, 0) is 24.3 Å². The standard InChI is InChI=1S/C9H7NO2S/c11-6-2-3-7(12)9-5(6)1-4-8(13)10-9/h1-4,11-12H,(H,10,13). The average Bonchev–Trinajstić information content (AvgIpc) is 2.12. The SMILES string of the molecule is Oc1ccc(O)c2nc(S)ccc12. The van der Waals surface area contributed by atoms with E-state index in [-0.39, 0.29) is 11.5 Å². The molecule has 1 aromatic heterocycles. The molecule has 0 aliphatic carbocycles. The summed E-state index contributed by atoms with van der Waals surface area (Å²) >= 11 is 4.04. The maximum atomic E-state index is 9.41. The number of phenolic OH excluding ortho intramolecular Hbond substituents is 2. The van der Waals surface area contributed by atoms with Crippen LogP contribution in [0.3, 0.4) is 0 Å². The lowest BCUT2D eigenvalue weighted by Gasteiger charge is -2.02. The second kappa shape index (κ2) is 2.81. The van der Waals surface area contributed by atoms with Gasteiger partial charge in [0.15, 0.2) is 0 Å². The number of pyridine rings is 1. The fourth-order valence-electron chi connectivity index (χ4n) is 1.18. The van der Waals surface area contributed by atoms with Gasteiger partial charge in [0.05, 0.1) is 5.03 Å². The van der Waals surface area contributed by atoms with Crippen LogP contribution in [-0.2, 0) is 0 Å². The Hall–Kier alpha value is -1.42. The Morgan fingerprint density at radius 2 is 1.69 bits per heavy atom. The first-order valence-electron chi connectivity index (χ1n) is 3.69. The monoisotopic (exact) mass is 193 g/mol. The maximum Gasteiger partial charge on any atom is 0.142 e. The molecule has 0 fully saturated rings. The number of aromatic nitrogens is 1. The minimum atomic E-state index is 0.0451. The number of nitrogens with zero attached hydrogens (tertiary/aromatic N) is 1. The zero-order chi connectivity index (χ0) is 9.42. The summed E-state index contributed by atoms with van der Waals surface area (Å²) in [7, 11) is 0. The predicted molar refractivity (Wildman–Crippen MR) is 52.3 cm³/mol. The Kier molecular flexibility index (Phi) is 1.77. The molecular weight excluding hydrogens is 186 g/mol. The lowest BCUT2D eigenvalue weighted by atomic mass is 10.2. The molecule has 2 aromatic rings. The van der Waals surface area contributed by atoms with Gasteiger partial charge in [-0.15, -0.1) is 12.6 Å². The smallest absolute Gasteiger partial charge is 0.142 e. The van der Waals surface area contributed by atoms with Crippen molar-refractivity contribution >= 4 is 23.5 Å². The Bertz CT molecular complexity index is 470. The molecule has 0 saturated carbocycles. The van der Waals surface area contributed by atoms with Crippen LogP contribution in [0.5, 0.6) is 11.5 Å². The first kappa shape index (κ1) is 8.19. The topological polar surface area (TPSA) is 53.4 Å². The second-order valence-corrected chi connectivity index (χ2v) is 3.13. The van der Waals surface area contributed by atoms with Crippen molar-refractivity contribution in [2.75, 3.05) is 0 Å². The van der Waals surface area contributed by atoms with Crippen LogP contribution < -0.4 is 0 Å². The Balaban J connectivity index is 2.92.